The van der Waals surface area contributed by atoms with Crippen molar-refractivity contribution in [1.29, 1.82) is 0 Å². The Hall–Kier alpha value is -1.16. The summed E-state index contributed by atoms with van der Waals surface area (Å²) in [5, 5.41) is 6.95. The Morgan fingerprint density at radius 3 is 2.71 bits per heavy atom. The number of thiocarbonyl (C=S) groups is 1. The van der Waals surface area contributed by atoms with Crippen LogP contribution in [0.15, 0.2) is 24.5 Å². The third kappa shape index (κ3) is 4.18. The summed E-state index contributed by atoms with van der Waals surface area (Å²) >= 11 is 5.08. The van der Waals surface area contributed by atoms with Crippen LogP contribution in [0, 0.1) is 0 Å². The smallest absolute Gasteiger partial charge is 0.166 e. The molecule has 14 heavy (non-hydrogen) atoms. The zero-order chi connectivity index (χ0) is 10.2. The van der Waals surface area contributed by atoms with Crippen LogP contribution in [0.3, 0.4) is 0 Å². The standard InChI is InChI=1S/C10H15N3S/c1-2-5-12-10(14)13-8-9-3-6-11-7-4-9/h3-4,6-7H,2,5,8H2,1H3,(H2,12,13,14). The van der Waals surface area contributed by atoms with E-state index < -0.39 is 0 Å². The zero-order valence-electron chi connectivity index (χ0n) is 8.29. The van der Waals surface area contributed by atoms with Crippen molar-refractivity contribution in [3.05, 3.63) is 30.1 Å². The Bertz CT molecular complexity index is 274. The summed E-state index contributed by atoms with van der Waals surface area (Å²) in [6.07, 6.45) is 4.64. The SMILES string of the molecule is CCCNC(=S)NCc1ccncc1. The monoisotopic (exact) mass is 209 g/mol. The lowest BCUT2D eigenvalue weighted by Crippen LogP contribution is -2.35. The highest BCUT2D eigenvalue weighted by Crippen LogP contribution is 1.94. The minimum Gasteiger partial charge on any atom is -0.363 e. The molecular weight excluding hydrogens is 194 g/mol. The number of aromatic nitrogens is 1. The molecule has 0 atom stereocenters. The van der Waals surface area contributed by atoms with Crippen LogP contribution < -0.4 is 10.6 Å². The maximum Gasteiger partial charge on any atom is 0.166 e. The summed E-state index contributed by atoms with van der Waals surface area (Å²) in [5.41, 5.74) is 1.18. The summed E-state index contributed by atoms with van der Waals surface area (Å²) in [6.45, 7) is 3.78. The Balaban J connectivity index is 2.24. The van der Waals surface area contributed by atoms with Gasteiger partial charge in [0.25, 0.3) is 0 Å². The molecule has 4 heteroatoms. The third-order valence-corrected chi connectivity index (χ3v) is 2.03. The van der Waals surface area contributed by atoms with Crippen molar-refractivity contribution in [2.24, 2.45) is 0 Å². The Morgan fingerprint density at radius 2 is 2.07 bits per heavy atom. The summed E-state index contributed by atoms with van der Waals surface area (Å²) in [7, 11) is 0. The molecule has 0 unspecified atom stereocenters. The topological polar surface area (TPSA) is 37.0 Å². The predicted molar refractivity (Wildman–Crippen MR) is 62.0 cm³/mol. The fraction of sp³-hybridized carbons (Fsp3) is 0.400. The lowest BCUT2D eigenvalue weighted by atomic mass is 10.3. The van der Waals surface area contributed by atoms with Gasteiger partial charge in [0.2, 0.25) is 0 Å². The molecule has 3 nitrogen and oxygen atoms in total. The van der Waals surface area contributed by atoms with Gasteiger partial charge in [-0.15, -0.1) is 0 Å². The van der Waals surface area contributed by atoms with Gasteiger partial charge in [-0.1, -0.05) is 6.92 Å². The lowest BCUT2D eigenvalue weighted by Gasteiger charge is -2.08. The lowest BCUT2D eigenvalue weighted by molar-refractivity contribution is 0.799. The molecule has 0 aliphatic heterocycles. The van der Waals surface area contributed by atoms with Crippen LogP contribution in [-0.4, -0.2) is 16.6 Å². The Morgan fingerprint density at radius 1 is 1.36 bits per heavy atom. The molecule has 0 aliphatic carbocycles. The second kappa shape index (κ2) is 6.32. The van der Waals surface area contributed by atoms with Crippen molar-refractivity contribution in [2.75, 3.05) is 6.54 Å². The first-order chi connectivity index (χ1) is 6.83. The van der Waals surface area contributed by atoms with Gasteiger partial charge in [0.05, 0.1) is 0 Å². The molecule has 0 aromatic carbocycles. The largest absolute Gasteiger partial charge is 0.363 e. The van der Waals surface area contributed by atoms with Crippen molar-refractivity contribution in [3.8, 4) is 0 Å². The second-order valence-electron chi connectivity index (χ2n) is 2.96. The first-order valence-electron chi connectivity index (χ1n) is 4.73. The van der Waals surface area contributed by atoms with Gasteiger partial charge in [-0.05, 0) is 36.3 Å². The number of hydrogen-bond donors (Lipinski definition) is 2. The Labute approximate surface area is 89.9 Å². The van der Waals surface area contributed by atoms with Crippen LogP contribution in [0.2, 0.25) is 0 Å². The highest BCUT2D eigenvalue weighted by molar-refractivity contribution is 7.80. The van der Waals surface area contributed by atoms with Crippen LogP contribution in [0.4, 0.5) is 0 Å². The van der Waals surface area contributed by atoms with Gasteiger partial charge in [-0.2, -0.15) is 0 Å². The molecule has 0 amide bonds. The van der Waals surface area contributed by atoms with Crippen LogP contribution in [-0.2, 0) is 6.54 Å². The fourth-order valence-electron chi connectivity index (χ4n) is 0.984. The van der Waals surface area contributed by atoms with Crippen LogP contribution in [0.25, 0.3) is 0 Å². The van der Waals surface area contributed by atoms with Gasteiger partial charge in [-0.25, -0.2) is 0 Å². The minimum absolute atomic E-state index is 0.712. The van der Waals surface area contributed by atoms with Gasteiger partial charge >= 0.3 is 0 Å². The number of rotatable bonds is 4. The number of pyridine rings is 1. The van der Waals surface area contributed by atoms with E-state index in [4.69, 9.17) is 12.2 Å². The summed E-state index contributed by atoms with van der Waals surface area (Å²) in [4.78, 5) is 3.95. The number of hydrogen-bond acceptors (Lipinski definition) is 2. The molecule has 1 rings (SSSR count). The molecule has 0 spiro atoms. The zero-order valence-corrected chi connectivity index (χ0v) is 9.10. The molecule has 0 radical (unpaired) electrons. The van der Waals surface area contributed by atoms with E-state index in [1.165, 1.54) is 5.56 Å². The van der Waals surface area contributed by atoms with E-state index in [2.05, 4.69) is 22.5 Å². The maximum atomic E-state index is 5.08. The molecule has 0 saturated heterocycles. The van der Waals surface area contributed by atoms with Crippen molar-refractivity contribution in [1.82, 2.24) is 15.6 Å². The van der Waals surface area contributed by atoms with Gasteiger partial charge in [0.1, 0.15) is 0 Å². The molecule has 2 N–H and O–H groups in total. The second-order valence-corrected chi connectivity index (χ2v) is 3.37. The van der Waals surface area contributed by atoms with Crippen LogP contribution >= 0.6 is 12.2 Å². The molecule has 1 aromatic rings. The van der Waals surface area contributed by atoms with E-state index in [0.717, 1.165) is 19.5 Å². The normalized spacial score (nSPS) is 9.50. The molecule has 0 saturated carbocycles. The molecule has 1 heterocycles. The maximum absolute atomic E-state index is 5.08. The average molecular weight is 209 g/mol. The first-order valence-corrected chi connectivity index (χ1v) is 5.14. The van der Waals surface area contributed by atoms with E-state index in [0.29, 0.717) is 5.11 Å². The molecule has 1 aromatic heterocycles. The number of nitrogens with one attached hydrogen (secondary N) is 2. The Kier molecular flexibility index (Phi) is 4.93. The van der Waals surface area contributed by atoms with Gasteiger partial charge in [-0.3, -0.25) is 4.98 Å². The van der Waals surface area contributed by atoms with Crippen molar-refractivity contribution >= 4 is 17.3 Å². The average Bonchev–Trinajstić information content (AvgIpc) is 2.25. The van der Waals surface area contributed by atoms with E-state index in [1.807, 2.05) is 12.1 Å². The highest BCUT2D eigenvalue weighted by atomic mass is 32.1. The van der Waals surface area contributed by atoms with E-state index in [1.54, 1.807) is 12.4 Å². The van der Waals surface area contributed by atoms with Gasteiger partial charge in [0.15, 0.2) is 5.11 Å². The number of nitrogens with zero attached hydrogens (tertiary/aromatic N) is 1. The van der Waals surface area contributed by atoms with E-state index >= 15 is 0 Å². The third-order valence-electron chi connectivity index (χ3n) is 1.74. The summed E-state index contributed by atoms with van der Waals surface area (Å²) in [5.74, 6) is 0. The molecule has 0 bridgehead atoms. The van der Waals surface area contributed by atoms with Crippen LogP contribution in [0.5, 0.6) is 0 Å². The van der Waals surface area contributed by atoms with Crippen molar-refractivity contribution in [3.63, 3.8) is 0 Å². The van der Waals surface area contributed by atoms with Crippen LogP contribution in [0.1, 0.15) is 18.9 Å². The fourth-order valence-corrected chi connectivity index (χ4v) is 1.16. The summed E-state index contributed by atoms with van der Waals surface area (Å²) < 4.78 is 0. The minimum atomic E-state index is 0.712. The van der Waals surface area contributed by atoms with Gasteiger partial charge in [0, 0.05) is 25.5 Å². The molecule has 0 fully saturated rings. The van der Waals surface area contributed by atoms with Crippen molar-refractivity contribution < 1.29 is 0 Å². The van der Waals surface area contributed by atoms with E-state index in [-0.39, 0.29) is 0 Å². The van der Waals surface area contributed by atoms with Crippen molar-refractivity contribution in [2.45, 2.75) is 19.9 Å². The van der Waals surface area contributed by atoms with E-state index in [9.17, 15) is 0 Å². The predicted octanol–water partition coefficient (Wildman–Crippen LogP) is 1.46. The highest BCUT2D eigenvalue weighted by Gasteiger charge is 1.94. The quantitative estimate of drug-likeness (QED) is 0.736. The van der Waals surface area contributed by atoms with Gasteiger partial charge < -0.3 is 10.6 Å². The molecule has 0 aliphatic rings. The molecular formula is C10H15N3S. The summed E-state index contributed by atoms with van der Waals surface area (Å²) in [6, 6.07) is 3.94. The molecule has 76 valence electrons. The first kappa shape index (κ1) is 10.9.